The van der Waals surface area contributed by atoms with Crippen LogP contribution in [0.1, 0.15) is 6.92 Å². The Morgan fingerprint density at radius 2 is 1.87 bits per heavy atom. The molecule has 0 bridgehead atoms. The van der Waals surface area contributed by atoms with Crippen LogP contribution in [0.15, 0.2) is 66.1 Å². The predicted molar refractivity (Wildman–Crippen MR) is 92.2 cm³/mol. The molecule has 0 spiro atoms. The summed E-state index contributed by atoms with van der Waals surface area (Å²) in [5.41, 5.74) is 2.87. The van der Waals surface area contributed by atoms with Gasteiger partial charge in [-0.15, -0.1) is 0 Å². The first-order valence-electron chi connectivity index (χ1n) is 7.21. The Labute approximate surface area is 138 Å². The zero-order chi connectivity index (χ0) is 16.1. The topological polar surface area (TPSA) is 70.7 Å². The molecule has 0 fully saturated rings. The third kappa shape index (κ3) is 3.78. The number of aromatic nitrogens is 3. The Balaban J connectivity index is 1.76. The fraction of sp³-hybridized carbons (Fsp3) is 0.118. The van der Waals surface area contributed by atoms with Crippen molar-refractivity contribution in [1.82, 2.24) is 15.2 Å². The summed E-state index contributed by atoms with van der Waals surface area (Å²) in [6.45, 7) is 1.84. The number of carbonyl (C=O) groups is 1. The number of benzene rings is 2. The van der Waals surface area contributed by atoms with Gasteiger partial charge >= 0.3 is 0 Å². The molecular formula is C17H16N4OS. The molecule has 3 aromatic rings. The molecule has 1 amide bonds. The summed E-state index contributed by atoms with van der Waals surface area (Å²) in [6.07, 6.45) is 1.43. The molecular weight excluding hydrogens is 308 g/mol. The lowest BCUT2D eigenvalue weighted by atomic mass is 10.0. The first kappa shape index (κ1) is 15.3. The van der Waals surface area contributed by atoms with Crippen molar-refractivity contribution < 1.29 is 4.79 Å². The van der Waals surface area contributed by atoms with Gasteiger partial charge in [-0.1, -0.05) is 60.3 Å². The van der Waals surface area contributed by atoms with Crippen molar-refractivity contribution in [3.63, 3.8) is 0 Å². The van der Waals surface area contributed by atoms with Crippen LogP contribution in [0.5, 0.6) is 0 Å². The maximum atomic E-state index is 12.4. The van der Waals surface area contributed by atoms with E-state index >= 15 is 0 Å². The second-order valence-electron chi connectivity index (χ2n) is 4.95. The van der Waals surface area contributed by atoms with E-state index in [0.29, 0.717) is 5.16 Å². The number of carbonyl (C=O) groups excluding carboxylic acids is 1. The Morgan fingerprint density at radius 3 is 2.61 bits per heavy atom. The lowest BCUT2D eigenvalue weighted by Crippen LogP contribution is -2.22. The molecule has 1 aromatic heterocycles. The number of hydrogen-bond donors (Lipinski definition) is 2. The molecule has 0 unspecified atom stereocenters. The van der Waals surface area contributed by atoms with Crippen LogP contribution in [0.3, 0.4) is 0 Å². The van der Waals surface area contributed by atoms with Crippen molar-refractivity contribution in [1.29, 1.82) is 0 Å². The second kappa shape index (κ2) is 7.11. The zero-order valence-electron chi connectivity index (χ0n) is 12.6. The number of hydrogen-bond acceptors (Lipinski definition) is 4. The maximum Gasteiger partial charge on any atom is 0.237 e. The maximum absolute atomic E-state index is 12.4. The molecule has 0 radical (unpaired) electrons. The first-order valence-corrected chi connectivity index (χ1v) is 8.09. The molecule has 0 aliphatic heterocycles. The third-order valence-electron chi connectivity index (χ3n) is 3.32. The molecule has 3 rings (SSSR count). The molecule has 116 valence electrons. The number of nitrogens with one attached hydrogen (secondary N) is 2. The quantitative estimate of drug-likeness (QED) is 0.704. The molecule has 0 aliphatic rings. The fourth-order valence-electron chi connectivity index (χ4n) is 2.17. The summed E-state index contributed by atoms with van der Waals surface area (Å²) in [4.78, 5) is 16.5. The van der Waals surface area contributed by atoms with Crippen molar-refractivity contribution in [2.75, 3.05) is 5.32 Å². The smallest absolute Gasteiger partial charge is 0.237 e. The number of para-hydroxylation sites is 1. The van der Waals surface area contributed by atoms with E-state index in [-0.39, 0.29) is 11.2 Å². The summed E-state index contributed by atoms with van der Waals surface area (Å²) in [7, 11) is 0. The molecule has 0 saturated carbocycles. The molecule has 6 heteroatoms. The van der Waals surface area contributed by atoms with Crippen LogP contribution in [0.4, 0.5) is 5.69 Å². The highest BCUT2D eigenvalue weighted by Crippen LogP contribution is 2.28. The van der Waals surface area contributed by atoms with Gasteiger partial charge in [-0.2, -0.15) is 5.10 Å². The van der Waals surface area contributed by atoms with E-state index in [1.54, 1.807) is 0 Å². The Bertz CT molecular complexity index is 774. The van der Waals surface area contributed by atoms with E-state index in [4.69, 9.17) is 0 Å². The van der Waals surface area contributed by atoms with Gasteiger partial charge in [0.2, 0.25) is 5.91 Å². The van der Waals surface area contributed by atoms with Gasteiger partial charge < -0.3 is 5.32 Å². The number of anilines is 1. The molecule has 2 aromatic carbocycles. The molecule has 0 saturated heterocycles. The number of aromatic amines is 1. The average Bonchev–Trinajstić information content (AvgIpc) is 3.09. The SMILES string of the molecule is C[C@@H](Sc1ncn[nH]1)C(=O)Nc1ccccc1-c1ccccc1. The molecule has 23 heavy (non-hydrogen) atoms. The standard InChI is InChI=1S/C17H16N4OS/c1-12(23-17-18-11-19-21-17)16(22)20-15-10-6-5-9-14(15)13-7-3-2-4-8-13/h2-12H,1H3,(H,20,22)(H,18,19,21)/t12-/m1/s1. The number of nitrogens with zero attached hydrogens (tertiary/aromatic N) is 2. The molecule has 2 N–H and O–H groups in total. The van der Waals surface area contributed by atoms with Crippen LogP contribution in [-0.2, 0) is 4.79 Å². The third-order valence-corrected chi connectivity index (χ3v) is 4.31. The van der Waals surface area contributed by atoms with Crippen LogP contribution in [-0.4, -0.2) is 26.3 Å². The summed E-state index contributed by atoms with van der Waals surface area (Å²) in [5, 5.41) is 9.87. The summed E-state index contributed by atoms with van der Waals surface area (Å²) >= 11 is 1.34. The molecule has 5 nitrogen and oxygen atoms in total. The number of amides is 1. The van der Waals surface area contributed by atoms with E-state index in [1.807, 2.05) is 61.5 Å². The van der Waals surface area contributed by atoms with Crippen LogP contribution >= 0.6 is 11.8 Å². The number of thioether (sulfide) groups is 1. The second-order valence-corrected chi connectivity index (χ2v) is 6.28. The summed E-state index contributed by atoms with van der Waals surface area (Å²) in [5.74, 6) is -0.0743. The van der Waals surface area contributed by atoms with Crippen molar-refractivity contribution in [3.8, 4) is 11.1 Å². The monoisotopic (exact) mass is 324 g/mol. The van der Waals surface area contributed by atoms with Gasteiger partial charge in [-0.3, -0.25) is 9.89 Å². The van der Waals surface area contributed by atoms with Gasteiger partial charge in [0, 0.05) is 11.3 Å². The van der Waals surface area contributed by atoms with Gasteiger partial charge in [0.05, 0.1) is 5.25 Å². The Kier molecular flexibility index (Phi) is 4.73. The average molecular weight is 324 g/mol. The Morgan fingerprint density at radius 1 is 1.13 bits per heavy atom. The largest absolute Gasteiger partial charge is 0.325 e. The van der Waals surface area contributed by atoms with Gasteiger partial charge in [0.15, 0.2) is 5.16 Å². The minimum Gasteiger partial charge on any atom is -0.325 e. The van der Waals surface area contributed by atoms with E-state index in [0.717, 1.165) is 16.8 Å². The fourth-order valence-corrected chi connectivity index (χ4v) is 2.88. The minimum absolute atomic E-state index is 0.0743. The first-order chi connectivity index (χ1) is 11.2. The van der Waals surface area contributed by atoms with Crippen molar-refractivity contribution in [2.24, 2.45) is 0 Å². The van der Waals surface area contributed by atoms with E-state index in [2.05, 4.69) is 20.5 Å². The highest BCUT2D eigenvalue weighted by molar-refractivity contribution is 8.00. The summed E-state index contributed by atoms with van der Waals surface area (Å²) in [6, 6.07) is 17.8. The van der Waals surface area contributed by atoms with Gasteiger partial charge in [0.1, 0.15) is 6.33 Å². The molecule has 1 heterocycles. The molecule has 1 atom stereocenters. The van der Waals surface area contributed by atoms with Gasteiger partial charge in [-0.05, 0) is 18.6 Å². The van der Waals surface area contributed by atoms with E-state index < -0.39 is 0 Å². The lowest BCUT2D eigenvalue weighted by molar-refractivity contribution is -0.115. The minimum atomic E-state index is -0.285. The van der Waals surface area contributed by atoms with E-state index in [9.17, 15) is 4.79 Å². The number of H-pyrrole nitrogens is 1. The zero-order valence-corrected chi connectivity index (χ0v) is 13.4. The van der Waals surface area contributed by atoms with Crippen molar-refractivity contribution >= 4 is 23.4 Å². The predicted octanol–water partition coefficient (Wildman–Crippen LogP) is 3.59. The summed E-state index contributed by atoms with van der Waals surface area (Å²) < 4.78 is 0. The van der Waals surface area contributed by atoms with Crippen molar-refractivity contribution in [3.05, 3.63) is 60.9 Å². The van der Waals surface area contributed by atoms with E-state index in [1.165, 1.54) is 18.1 Å². The highest BCUT2D eigenvalue weighted by Gasteiger charge is 2.17. The normalized spacial score (nSPS) is 11.9. The van der Waals surface area contributed by atoms with Crippen LogP contribution < -0.4 is 5.32 Å². The van der Waals surface area contributed by atoms with Crippen molar-refractivity contribution in [2.45, 2.75) is 17.3 Å². The van der Waals surface area contributed by atoms with Crippen LogP contribution in [0.25, 0.3) is 11.1 Å². The highest BCUT2D eigenvalue weighted by atomic mass is 32.2. The number of rotatable bonds is 5. The van der Waals surface area contributed by atoms with Crippen LogP contribution in [0.2, 0.25) is 0 Å². The van der Waals surface area contributed by atoms with Gasteiger partial charge in [0.25, 0.3) is 0 Å². The lowest BCUT2D eigenvalue weighted by Gasteiger charge is -2.14. The van der Waals surface area contributed by atoms with Crippen LogP contribution in [0, 0.1) is 0 Å². The molecule has 0 aliphatic carbocycles. The van der Waals surface area contributed by atoms with Gasteiger partial charge in [-0.25, -0.2) is 4.98 Å². The Hall–Kier alpha value is -2.60.